The van der Waals surface area contributed by atoms with E-state index >= 15 is 0 Å². The Morgan fingerprint density at radius 3 is 2.47 bits per heavy atom. The lowest BCUT2D eigenvalue weighted by Crippen LogP contribution is -2.32. The molecule has 0 radical (unpaired) electrons. The number of rotatable bonds is 6. The monoisotopic (exact) mass is 267 g/mol. The molecule has 0 bridgehead atoms. The predicted octanol–water partition coefficient (Wildman–Crippen LogP) is 2.63. The van der Waals surface area contributed by atoms with Crippen molar-refractivity contribution >= 4 is 11.6 Å². The molecule has 0 spiro atoms. The Labute approximate surface area is 117 Å². The van der Waals surface area contributed by atoms with Crippen LogP contribution in [0.15, 0.2) is 5.10 Å². The molecule has 0 aromatic heterocycles. The highest BCUT2D eigenvalue weighted by Gasteiger charge is 2.40. The molecule has 4 heteroatoms. The zero-order valence-corrected chi connectivity index (χ0v) is 13.1. The molecule has 0 aromatic rings. The molecule has 1 amide bonds. The number of amides is 1. The van der Waals surface area contributed by atoms with Crippen LogP contribution in [0.1, 0.15) is 53.9 Å². The summed E-state index contributed by atoms with van der Waals surface area (Å²) in [5, 5.41) is 6.29. The molecule has 1 aliphatic rings. The molecule has 1 heterocycles. The van der Waals surface area contributed by atoms with Gasteiger partial charge in [0.25, 0.3) is 5.91 Å². The summed E-state index contributed by atoms with van der Waals surface area (Å²) in [6.07, 6.45) is 2.70. The van der Waals surface area contributed by atoms with E-state index in [0.29, 0.717) is 12.5 Å². The molecule has 4 nitrogen and oxygen atoms in total. The molecule has 110 valence electrons. The fourth-order valence-electron chi connectivity index (χ4n) is 2.34. The molecule has 0 aliphatic carbocycles. The highest BCUT2D eigenvalue weighted by Crippen LogP contribution is 2.31. The summed E-state index contributed by atoms with van der Waals surface area (Å²) in [5.41, 5.74) is 6.54. The van der Waals surface area contributed by atoms with Gasteiger partial charge in [0.1, 0.15) is 0 Å². The molecule has 0 aromatic carbocycles. The van der Waals surface area contributed by atoms with Gasteiger partial charge in [0.2, 0.25) is 0 Å². The molecule has 0 fully saturated rings. The summed E-state index contributed by atoms with van der Waals surface area (Å²) < 4.78 is 0. The highest BCUT2D eigenvalue weighted by atomic mass is 16.2. The van der Waals surface area contributed by atoms with E-state index < -0.39 is 0 Å². The fraction of sp³-hybridized carbons (Fsp3) is 0.867. The van der Waals surface area contributed by atoms with Gasteiger partial charge in [0.15, 0.2) is 0 Å². The lowest BCUT2D eigenvalue weighted by molar-refractivity contribution is -0.132. The number of carbonyl (C=O) groups is 1. The third-order valence-corrected chi connectivity index (χ3v) is 3.49. The Bertz CT molecular complexity index is 342. The van der Waals surface area contributed by atoms with Gasteiger partial charge in [-0.25, -0.2) is 5.01 Å². The van der Waals surface area contributed by atoms with E-state index in [0.717, 1.165) is 31.5 Å². The van der Waals surface area contributed by atoms with Crippen LogP contribution in [0.2, 0.25) is 0 Å². The quantitative estimate of drug-likeness (QED) is 0.804. The summed E-state index contributed by atoms with van der Waals surface area (Å²) in [4.78, 5) is 12.5. The van der Waals surface area contributed by atoms with Crippen molar-refractivity contribution in [3.8, 4) is 0 Å². The van der Waals surface area contributed by atoms with E-state index in [9.17, 15) is 4.79 Å². The lowest BCUT2D eigenvalue weighted by Gasteiger charge is -2.22. The van der Waals surface area contributed by atoms with E-state index in [-0.39, 0.29) is 17.2 Å². The van der Waals surface area contributed by atoms with Crippen molar-refractivity contribution in [3.63, 3.8) is 0 Å². The average Bonchev–Trinajstić information content (AvgIpc) is 2.60. The minimum absolute atomic E-state index is 0.0541. The van der Waals surface area contributed by atoms with Gasteiger partial charge >= 0.3 is 0 Å². The number of hydrogen-bond acceptors (Lipinski definition) is 3. The number of nitrogens with zero attached hydrogens (tertiary/aromatic N) is 2. The maximum atomic E-state index is 12.5. The normalized spacial score (nSPS) is 20.4. The maximum absolute atomic E-state index is 12.5. The fourth-order valence-corrected chi connectivity index (χ4v) is 2.34. The summed E-state index contributed by atoms with van der Waals surface area (Å²) in [6, 6.07) is 0. The largest absolute Gasteiger partial charge is 0.330 e. The third kappa shape index (κ3) is 4.30. The van der Waals surface area contributed by atoms with Crippen LogP contribution >= 0.6 is 0 Å². The molecule has 0 saturated carbocycles. The second-order valence-corrected chi connectivity index (χ2v) is 6.86. The van der Waals surface area contributed by atoms with Gasteiger partial charge in [0, 0.05) is 12.0 Å². The van der Waals surface area contributed by atoms with Crippen LogP contribution in [0, 0.1) is 17.3 Å². The Morgan fingerprint density at radius 2 is 2.00 bits per heavy atom. The van der Waals surface area contributed by atoms with Gasteiger partial charge in [-0.1, -0.05) is 34.6 Å². The van der Waals surface area contributed by atoms with Crippen LogP contribution in [0.5, 0.6) is 0 Å². The molecule has 19 heavy (non-hydrogen) atoms. The first kappa shape index (κ1) is 16.2. The zero-order chi connectivity index (χ0) is 14.6. The Kier molecular flexibility index (Phi) is 5.53. The van der Waals surface area contributed by atoms with Crippen molar-refractivity contribution < 1.29 is 4.79 Å². The standard InChI is InChI=1S/C15H29N3O/c1-11(2)8-10-18-14(19)12(7-6-9-16)13(17-18)15(3,4)5/h11-12H,6-10,16H2,1-5H3. The smallest absolute Gasteiger partial charge is 0.251 e. The van der Waals surface area contributed by atoms with Gasteiger partial charge in [-0.2, -0.15) is 5.10 Å². The van der Waals surface area contributed by atoms with Crippen LogP contribution in [0.3, 0.4) is 0 Å². The maximum Gasteiger partial charge on any atom is 0.251 e. The molecular weight excluding hydrogens is 238 g/mol. The predicted molar refractivity (Wildman–Crippen MR) is 79.8 cm³/mol. The zero-order valence-electron chi connectivity index (χ0n) is 13.1. The van der Waals surface area contributed by atoms with Crippen LogP contribution in [-0.4, -0.2) is 29.7 Å². The third-order valence-electron chi connectivity index (χ3n) is 3.49. The minimum Gasteiger partial charge on any atom is -0.330 e. The van der Waals surface area contributed by atoms with Crippen LogP contribution in [0.25, 0.3) is 0 Å². The van der Waals surface area contributed by atoms with Crippen molar-refractivity contribution in [1.29, 1.82) is 0 Å². The first-order chi connectivity index (χ1) is 8.77. The average molecular weight is 267 g/mol. The second-order valence-electron chi connectivity index (χ2n) is 6.86. The van der Waals surface area contributed by atoms with E-state index in [1.165, 1.54) is 0 Å². The molecule has 0 saturated heterocycles. The van der Waals surface area contributed by atoms with Gasteiger partial charge in [-0.3, -0.25) is 4.79 Å². The molecule has 1 atom stereocenters. The molecular formula is C15H29N3O. The number of hydrazone groups is 1. The molecule has 1 aliphatic heterocycles. The molecule has 1 rings (SSSR count). The number of hydrogen-bond donors (Lipinski definition) is 1. The first-order valence-corrected chi connectivity index (χ1v) is 7.37. The summed E-state index contributed by atoms with van der Waals surface area (Å²) in [7, 11) is 0. The molecule has 2 N–H and O–H groups in total. The first-order valence-electron chi connectivity index (χ1n) is 7.37. The van der Waals surface area contributed by atoms with E-state index in [1.54, 1.807) is 5.01 Å². The van der Waals surface area contributed by atoms with Crippen molar-refractivity contribution in [3.05, 3.63) is 0 Å². The SMILES string of the molecule is CC(C)CCN1N=C(C(C)(C)C)C(CCCN)C1=O. The van der Waals surface area contributed by atoms with Crippen molar-refractivity contribution in [1.82, 2.24) is 5.01 Å². The Hall–Kier alpha value is -0.900. The van der Waals surface area contributed by atoms with Crippen molar-refractivity contribution in [2.45, 2.75) is 53.9 Å². The summed E-state index contributed by atoms with van der Waals surface area (Å²) in [5.74, 6) is 0.693. The van der Waals surface area contributed by atoms with E-state index in [2.05, 4.69) is 39.7 Å². The van der Waals surface area contributed by atoms with Crippen LogP contribution < -0.4 is 5.73 Å². The second kappa shape index (κ2) is 6.51. The van der Waals surface area contributed by atoms with Gasteiger partial charge < -0.3 is 5.73 Å². The van der Waals surface area contributed by atoms with Crippen molar-refractivity contribution in [2.24, 2.45) is 28.1 Å². The van der Waals surface area contributed by atoms with Crippen LogP contribution in [0.4, 0.5) is 0 Å². The summed E-state index contributed by atoms with van der Waals surface area (Å²) in [6.45, 7) is 12.1. The van der Waals surface area contributed by atoms with Gasteiger partial charge in [-0.15, -0.1) is 0 Å². The van der Waals surface area contributed by atoms with Gasteiger partial charge in [-0.05, 0) is 31.7 Å². The highest BCUT2D eigenvalue weighted by molar-refractivity contribution is 6.10. The number of nitrogens with two attached hydrogens (primary N) is 1. The minimum atomic E-state index is -0.0595. The van der Waals surface area contributed by atoms with Crippen molar-refractivity contribution in [2.75, 3.05) is 13.1 Å². The Balaban J connectivity index is 2.81. The number of carbonyl (C=O) groups excluding carboxylic acids is 1. The lowest BCUT2D eigenvalue weighted by atomic mass is 9.80. The summed E-state index contributed by atoms with van der Waals surface area (Å²) >= 11 is 0. The Morgan fingerprint density at radius 1 is 1.37 bits per heavy atom. The van der Waals surface area contributed by atoms with Gasteiger partial charge in [0.05, 0.1) is 11.6 Å². The van der Waals surface area contributed by atoms with E-state index in [4.69, 9.17) is 5.73 Å². The topological polar surface area (TPSA) is 58.7 Å². The van der Waals surface area contributed by atoms with Crippen LogP contribution in [-0.2, 0) is 4.79 Å². The molecule has 1 unspecified atom stereocenters. The van der Waals surface area contributed by atoms with E-state index in [1.807, 2.05) is 0 Å².